The first-order valence-corrected chi connectivity index (χ1v) is 7.15. The second kappa shape index (κ2) is 7.69. The molecular weight excluding hydrogens is 304 g/mol. The molecule has 2 N–H and O–H groups in total. The van der Waals surface area contributed by atoms with Crippen LogP contribution in [0.15, 0.2) is 42.5 Å². The van der Waals surface area contributed by atoms with E-state index in [0.717, 1.165) is 6.07 Å². The molecule has 2 aromatic carbocycles. The van der Waals surface area contributed by atoms with Crippen molar-refractivity contribution >= 4 is 5.91 Å². The fourth-order valence-corrected chi connectivity index (χ4v) is 2.00. The van der Waals surface area contributed by atoms with E-state index in [-0.39, 0.29) is 18.1 Å². The number of halogens is 2. The number of hydrogen-bond donors (Lipinski definition) is 2. The molecule has 0 aliphatic heterocycles. The quantitative estimate of drug-likeness (QED) is 0.860. The van der Waals surface area contributed by atoms with Gasteiger partial charge >= 0.3 is 0 Å². The van der Waals surface area contributed by atoms with E-state index in [1.165, 1.54) is 6.07 Å². The van der Waals surface area contributed by atoms with E-state index in [1.807, 2.05) is 6.92 Å². The summed E-state index contributed by atoms with van der Waals surface area (Å²) >= 11 is 0. The number of nitrogens with one attached hydrogen (secondary N) is 1. The molecule has 0 saturated heterocycles. The van der Waals surface area contributed by atoms with Crippen molar-refractivity contribution in [3.8, 4) is 5.75 Å². The topological polar surface area (TPSA) is 58.6 Å². The molecule has 0 heterocycles. The number of aliphatic hydroxyl groups excluding tert-OH is 1. The van der Waals surface area contributed by atoms with E-state index in [4.69, 9.17) is 4.74 Å². The van der Waals surface area contributed by atoms with Gasteiger partial charge in [0.05, 0.1) is 0 Å². The Bertz CT molecular complexity index is 674. The molecule has 1 unspecified atom stereocenters. The number of hydrogen-bond acceptors (Lipinski definition) is 3. The lowest BCUT2D eigenvalue weighted by molar-refractivity contribution is 0.0954. The third kappa shape index (κ3) is 4.50. The molecule has 0 spiro atoms. The molecule has 0 saturated carbocycles. The van der Waals surface area contributed by atoms with E-state index in [1.54, 1.807) is 24.3 Å². The Morgan fingerprint density at radius 1 is 1.22 bits per heavy atom. The summed E-state index contributed by atoms with van der Waals surface area (Å²) in [4.78, 5) is 11.6. The summed E-state index contributed by atoms with van der Waals surface area (Å²) in [6.45, 7) is 2.17. The number of ether oxygens (including phenoxy) is 1. The molecule has 0 aliphatic carbocycles. The zero-order valence-electron chi connectivity index (χ0n) is 12.6. The van der Waals surface area contributed by atoms with E-state index >= 15 is 0 Å². The first-order valence-electron chi connectivity index (χ1n) is 7.15. The zero-order valence-corrected chi connectivity index (χ0v) is 12.6. The van der Waals surface area contributed by atoms with Crippen LogP contribution in [0.25, 0.3) is 0 Å². The third-order valence-corrected chi connectivity index (χ3v) is 3.18. The predicted octanol–water partition coefficient (Wildman–Crippen LogP) is 2.83. The predicted molar refractivity (Wildman–Crippen MR) is 81.3 cm³/mol. The summed E-state index contributed by atoms with van der Waals surface area (Å²) in [5, 5.41) is 12.6. The van der Waals surface area contributed by atoms with Crippen molar-refractivity contribution in [2.45, 2.75) is 13.0 Å². The van der Waals surface area contributed by atoms with Crippen LogP contribution in [-0.2, 0) is 0 Å². The Kier molecular flexibility index (Phi) is 5.65. The van der Waals surface area contributed by atoms with Crippen LogP contribution in [0.4, 0.5) is 8.78 Å². The molecule has 23 heavy (non-hydrogen) atoms. The zero-order chi connectivity index (χ0) is 16.8. The molecule has 0 aliphatic rings. The molecule has 6 heteroatoms. The molecule has 0 aromatic heterocycles. The highest BCUT2D eigenvalue weighted by Crippen LogP contribution is 2.20. The highest BCUT2D eigenvalue weighted by Gasteiger charge is 2.14. The Morgan fingerprint density at radius 2 is 1.91 bits per heavy atom. The lowest BCUT2D eigenvalue weighted by Crippen LogP contribution is -2.22. The number of amides is 1. The van der Waals surface area contributed by atoms with Crippen LogP contribution in [0.5, 0.6) is 5.75 Å². The van der Waals surface area contributed by atoms with Crippen LogP contribution >= 0.6 is 0 Å². The Balaban J connectivity index is 1.96. The van der Waals surface area contributed by atoms with Crippen molar-refractivity contribution in [1.82, 2.24) is 5.32 Å². The molecular formula is C17H17F2NO3. The highest BCUT2D eigenvalue weighted by atomic mass is 19.1. The number of carbonyl (C=O) groups excluding carboxylic acids is 1. The molecule has 0 bridgehead atoms. The molecule has 2 aromatic rings. The van der Waals surface area contributed by atoms with E-state index in [0.29, 0.717) is 23.9 Å². The third-order valence-electron chi connectivity index (χ3n) is 3.18. The largest absolute Gasteiger partial charge is 0.491 e. The van der Waals surface area contributed by atoms with Gasteiger partial charge in [0.15, 0.2) is 0 Å². The van der Waals surface area contributed by atoms with Crippen molar-refractivity contribution in [3.05, 3.63) is 65.2 Å². The monoisotopic (exact) mass is 321 g/mol. The van der Waals surface area contributed by atoms with Gasteiger partial charge in [0.25, 0.3) is 5.91 Å². The molecule has 1 amide bonds. The van der Waals surface area contributed by atoms with Crippen molar-refractivity contribution in [1.29, 1.82) is 0 Å². The van der Waals surface area contributed by atoms with Crippen molar-refractivity contribution < 1.29 is 23.4 Å². The number of benzene rings is 2. The van der Waals surface area contributed by atoms with Gasteiger partial charge in [-0.05, 0) is 37.3 Å². The van der Waals surface area contributed by atoms with E-state index < -0.39 is 17.7 Å². The molecule has 0 fully saturated rings. The van der Waals surface area contributed by atoms with Crippen LogP contribution in [0, 0.1) is 11.6 Å². The summed E-state index contributed by atoms with van der Waals surface area (Å²) < 4.78 is 31.7. The second-order valence-corrected chi connectivity index (χ2v) is 4.88. The smallest absolute Gasteiger partial charge is 0.251 e. The van der Waals surface area contributed by atoms with Crippen LogP contribution in [0.2, 0.25) is 0 Å². The van der Waals surface area contributed by atoms with Crippen LogP contribution in [0.1, 0.15) is 28.9 Å². The van der Waals surface area contributed by atoms with Crippen LogP contribution in [0.3, 0.4) is 0 Å². The Morgan fingerprint density at radius 3 is 2.52 bits per heavy atom. The van der Waals surface area contributed by atoms with Crippen molar-refractivity contribution in [2.75, 3.05) is 13.2 Å². The van der Waals surface area contributed by atoms with E-state index in [9.17, 15) is 18.7 Å². The van der Waals surface area contributed by atoms with Gasteiger partial charge in [-0.1, -0.05) is 6.07 Å². The molecule has 1 atom stereocenters. The standard InChI is InChI=1S/C17H17F2NO3/c1-2-20-17(22)11-3-6-13(7-4-11)23-10-16(21)14-8-5-12(18)9-15(14)19/h3-9,16,21H,2,10H2,1H3,(H,20,22). The number of rotatable bonds is 6. The van der Waals surface area contributed by atoms with Gasteiger partial charge in [0.1, 0.15) is 30.1 Å². The van der Waals surface area contributed by atoms with Crippen molar-refractivity contribution in [3.63, 3.8) is 0 Å². The first-order chi connectivity index (χ1) is 11.0. The number of aliphatic hydroxyl groups is 1. The average Bonchev–Trinajstić information content (AvgIpc) is 2.53. The lowest BCUT2D eigenvalue weighted by atomic mass is 10.1. The molecule has 4 nitrogen and oxygen atoms in total. The number of carbonyl (C=O) groups is 1. The summed E-state index contributed by atoms with van der Waals surface area (Å²) in [5.41, 5.74) is 0.453. The van der Waals surface area contributed by atoms with Gasteiger partial charge in [-0.2, -0.15) is 0 Å². The Hall–Kier alpha value is -2.47. The summed E-state index contributed by atoms with van der Waals surface area (Å²) in [6, 6.07) is 9.30. The maximum atomic E-state index is 13.5. The summed E-state index contributed by atoms with van der Waals surface area (Å²) in [5.74, 6) is -1.29. The Labute approximate surface area is 132 Å². The second-order valence-electron chi connectivity index (χ2n) is 4.88. The normalized spacial score (nSPS) is 11.8. The minimum Gasteiger partial charge on any atom is -0.491 e. The van der Waals surface area contributed by atoms with Gasteiger partial charge in [0, 0.05) is 23.7 Å². The fraction of sp³-hybridized carbons (Fsp3) is 0.235. The molecule has 2 rings (SSSR count). The van der Waals surface area contributed by atoms with Gasteiger partial charge in [-0.25, -0.2) is 8.78 Å². The van der Waals surface area contributed by atoms with Gasteiger partial charge in [-0.15, -0.1) is 0 Å². The van der Waals surface area contributed by atoms with Gasteiger partial charge in [-0.3, -0.25) is 4.79 Å². The van der Waals surface area contributed by atoms with Gasteiger partial charge in [0.2, 0.25) is 0 Å². The van der Waals surface area contributed by atoms with Crippen molar-refractivity contribution in [2.24, 2.45) is 0 Å². The maximum absolute atomic E-state index is 13.5. The van der Waals surface area contributed by atoms with Crippen LogP contribution in [-0.4, -0.2) is 24.2 Å². The molecule has 122 valence electrons. The SMILES string of the molecule is CCNC(=O)c1ccc(OCC(O)c2ccc(F)cc2F)cc1. The average molecular weight is 321 g/mol. The molecule has 0 radical (unpaired) electrons. The highest BCUT2D eigenvalue weighted by molar-refractivity contribution is 5.94. The van der Waals surface area contributed by atoms with E-state index in [2.05, 4.69) is 5.32 Å². The minimum atomic E-state index is -1.22. The maximum Gasteiger partial charge on any atom is 0.251 e. The summed E-state index contributed by atoms with van der Waals surface area (Å²) in [6.07, 6.45) is -1.22. The minimum absolute atomic E-state index is 0.0367. The summed E-state index contributed by atoms with van der Waals surface area (Å²) in [7, 11) is 0. The van der Waals surface area contributed by atoms with Gasteiger partial charge < -0.3 is 15.2 Å². The fourth-order valence-electron chi connectivity index (χ4n) is 2.00. The van der Waals surface area contributed by atoms with Crippen LogP contribution < -0.4 is 10.1 Å². The lowest BCUT2D eigenvalue weighted by Gasteiger charge is -2.13. The first kappa shape index (κ1) is 16.9.